The van der Waals surface area contributed by atoms with Gasteiger partial charge in [-0.1, -0.05) is 58.4 Å². The van der Waals surface area contributed by atoms with E-state index in [1.165, 1.54) is 0 Å². The molecule has 2 amide bonds. The lowest BCUT2D eigenvalue weighted by molar-refractivity contribution is 0.0427. The van der Waals surface area contributed by atoms with E-state index < -0.39 is 23.4 Å². The molecule has 0 radical (unpaired) electrons. The van der Waals surface area contributed by atoms with E-state index in [1.807, 2.05) is 30.3 Å². The fraction of sp³-hybridized carbons (Fsp3) is 0.321. The molecule has 0 fully saturated rings. The number of benzene rings is 2. The minimum atomic E-state index is -0.987. The maximum absolute atomic E-state index is 13.5. The Morgan fingerprint density at radius 3 is 1.95 bits per heavy atom. The summed E-state index contributed by atoms with van der Waals surface area (Å²) in [6.07, 6.45) is -1.97. The van der Waals surface area contributed by atoms with Gasteiger partial charge in [0.25, 0.3) is 0 Å². The lowest BCUT2D eigenvalue weighted by Crippen LogP contribution is -2.44. The van der Waals surface area contributed by atoms with Gasteiger partial charge >= 0.3 is 12.2 Å². The molecule has 3 aromatic rings. The average Bonchev–Trinajstić information content (AvgIpc) is 3.08. The van der Waals surface area contributed by atoms with Crippen molar-refractivity contribution in [3.05, 3.63) is 65.2 Å². The molecule has 1 aliphatic carbocycles. The van der Waals surface area contributed by atoms with Crippen LogP contribution in [0, 0.1) is 0 Å². The van der Waals surface area contributed by atoms with Gasteiger partial charge in [0.05, 0.1) is 17.0 Å². The fourth-order valence-electron chi connectivity index (χ4n) is 3.82. The molecule has 9 heteroatoms. The molecule has 0 spiro atoms. The van der Waals surface area contributed by atoms with E-state index in [9.17, 15) is 14.4 Å². The maximum atomic E-state index is 13.5. The highest BCUT2D eigenvalue weighted by atomic mass is 79.9. The van der Waals surface area contributed by atoms with Gasteiger partial charge in [-0.25, -0.2) is 19.6 Å². The Bertz CT molecular complexity index is 1360. The number of anilines is 1. The Hall–Kier alpha value is -3.59. The number of alkyl halides is 1. The van der Waals surface area contributed by atoms with E-state index in [0.717, 1.165) is 5.56 Å². The standard InChI is InChI=1S/C28H28BrN3O5/c1-27(2,3)36-25(34)32(26(35)37-28(4,5)6)24-30-21(17-10-8-7-9-11-17)20-22(31-24)19-14-16(15-29)12-13-18(19)23(20)33/h7-14H,15H2,1-6H3. The van der Waals surface area contributed by atoms with E-state index in [2.05, 4.69) is 25.9 Å². The van der Waals surface area contributed by atoms with Gasteiger partial charge in [0, 0.05) is 22.0 Å². The van der Waals surface area contributed by atoms with Gasteiger partial charge in [-0.15, -0.1) is 4.90 Å². The SMILES string of the molecule is CC(C)(C)OC(=O)N(C(=O)OC(C)(C)C)c1nc(-c2ccccc2)c2c(n1)-c1cc(CBr)ccc1C2=O. The van der Waals surface area contributed by atoms with Gasteiger partial charge in [0.1, 0.15) is 11.2 Å². The third kappa shape index (κ3) is 5.56. The second kappa shape index (κ2) is 9.70. The first-order valence-corrected chi connectivity index (χ1v) is 12.9. The van der Waals surface area contributed by atoms with Crippen molar-refractivity contribution in [1.29, 1.82) is 0 Å². The van der Waals surface area contributed by atoms with Gasteiger partial charge < -0.3 is 9.47 Å². The monoisotopic (exact) mass is 565 g/mol. The molecule has 0 N–H and O–H groups in total. The summed E-state index contributed by atoms with van der Waals surface area (Å²) in [4.78, 5) is 49.9. The fourth-order valence-corrected chi connectivity index (χ4v) is 4.17. The number of nitrogens with zero attached hydrogens (tertiary/aromatic N) is 3. The molecular weight excluding hydrogens is 538 g/mol. The lowest BCUT2D eigenvalue weighted by Gasteiger charge is -2.28. The summed E-state index contributed by atoms with van der Waals surface area (Å²) < 4.78 is 11.0. The average molecular weight is 566 g/mol. The van der Waals surface area contributed by atoms with Gasteiger partial charge in [0.15, 0.2) is 5.78 Å². The molecule has 37 heavy (non-hydrogen) atoms. The van der Waals surface area contributed by atoms with Crippen LogP contribution in [-0.2, 0) is 14.8 Å². The molecule has 0 atom stereocenters. The molecule has 1 aromatic heterocycles. The molecule has 192 valence electrons. The quantitative estimate of drug-likeness (QED) is 0.248. The van der Waals surface area contributed by atoms with Gasteiger partial charge in [-0.3, -0.25) is 4.79 Å². The molecule has 1 aliphatic rings. The van der Waals surface area contributed by atoms with Crippen LogP contribution in [0.1, 0.15) is 63.0 Å². The second-order valence-electron chi connectivity index (χ2n) is 10.6. The van der Waals surface area contributed by atoms with Crippen molar-refractivity contribution in [3.63, 3.8) is 0 Å². The van der Waals surface area contributed by atoms with Crippen LogP contribution in [0.3, 0.4) is 0 Å². The number of aromatic nitrogens is 2. The molecule has 0 bridgehead atoms. The predicted molar refractivity (Wildman–Crippen MR) is 144 cm³/mol. The van der Waals surface area contributed by atoms with Crippen molar-refractivity contribution in [3.8, 4) is 22.5 Å². The number of rotatable bonds is 3. The Morgan fingerprint density at radius 2 is 1.41 bits per heavy atom. The number of ether oxygens (including phenoxy) is 2. The van der Waals surface area contributed by atoms with Crippen molar-refractivity contribution in [2.45, 2.75) is 58.1 Å². The zero-order chi connectivity index (χ0) is 27.1. The van der Waals surface area contributed by atoms with Crippen molar-refractivity contribution in [1.82, 2.24) is 9.97 Å². The summed E-state index contributed by atoms with van der Waals surface area (Å²) in [6.45, 7) is 10.1. The number of hydrogen-bond acceptors (Lipinski definition) is 7. The zero-order valence-electron chi connectivity index (χ0n) is 21.6. The highest BCUT2D eigenvalue weighted by Gasteiger charge is 2.39. The molecule has 4 rings (SSSR count). The highest BCUT2D eigenvalue weighted by Crippen LogP contribution is 2.41. The van der Waals surface area contributed by atoms with Crippen LogP contribution in [-0.4, -0.2) is 39.1 Å². The van der Waals surface area contributed by atoms with Gasteiger partial charge in [-0.2, -0.15) is 0 Å². The van der Waals surface area contributed by atoms with Crippen LogP contribution < -0.4 is 4.90 Å². The number of hydrogen-bond donors (Lipinski definition) is 0. The minimum Gasteiger partial charge on any atom is -0.443 e. The van der Waals surface area contributed by atoms with Crippen LogP contribution in [0.2, 0.25) is 0 Å². The Kier molecular flexibility index (Phi) is 6.94. The van der Waals surface area contributed by atoms with Gasteiger partial charge in [-0.05, 0) is 53.2 Å². The molecule has 8 nitrogen and oxygen atoms in total. The van der Waals surface area contributed by atoms with Gasteiger partial charge in [0.2, 0.25) is 5.95 Å². The largest absolute Gasteiger partial charge is 0.443 e. The number of carbonyl (C=O) groups is 3. The van der Waals surface area contributed by atoms with E-state index in [1.54, 1.807) is 59.7 Å². The highest BCUT2D eigenvalue weighted by molar-refractivity contribution is 9.08. The minimum absolute atomic E-state index is 0.224. The van der Waals surface area contributed by atoms with E-state index in [0.29, 0.717) is 43.9 Å². The normalized spacial score (nSPS) is 12.6. The Morgan fingerprint density at radius 1 is 0.838 bits per heavy atom. The first kappa shape index (κ1) is 26.5. The number of imide groups is 1. The molecule has 0 saturated carbocycles. The van der Waals surface area contributed by atoms with Crippen LogP contribution in [0.4, 0.5) is 15.5 Å². The second-order valence-corrected chi connectivity index (χ2v) is 11.2. The zero-order valence-corrected chi connectivity index (χ0v) is 23.2. The van der Waals surface area contributed by atoms with E-state index >= 15 is 0 Å². The summed E-state index contributed by atoms with van der Waals surface area (Å²) in [5.74, 6) is -0.469. The number of halogens is 1. The van der Waals surface area contributed by atoms with Crippen LogP contribution in [0.15, 0.2) is 48.5 Å². The van der Waals surface area contributed by atoms with E-state index in [-0.39, 0.29) is 11.7 Å². The number of ketones is 1. The van der Waals surface area contributed by atoms with Crippen LogP contribution >= 0.6 is 15.9 Å². The predicted octanol–water partition coefficient (Wildman–Crippen LogP) is 6.93. The third-order valence-corrected chi connectivity index (χ3v) is 5.91. The summed E-state index contributed by atoms with van der Waals surface area (Å²) in [5.41, 5.74) is 1.81. The smallest absolute Gasteiger partial charge is 0.427 e. The Labute approximate surface area is 224 Å². The third-order valence-electron chi connectivity index (χ3n) is 5.26. The van der Waals surface area contributed by atoms with Crippen molar-refractivity contribution in [2.24, 2.45) is 0 Å². The number of amides is 2. The summed E-state index contributed by atoms with van der Waals surface area (Å²) in [5, 5.41) is 0.579. The molecule has 0 aliphatic heterocycles. The van der Waals surface area contributed by atoms with Crippen molar-refractivity contribution < 1.29 is 23.9 Å². The van der Waals surface area contributed by atoms with Crippen molar-refractivity contribution in [2.75, 3.05) is 4.90 Å². The Balaban J connectivity index is 1.98. The molecular formula is C28H28BrN3O5. The molecule has 2 aromatic carbocycles. The lowest BCUT2D eigenvalue weighted by atomic mass is 10.0. The van der Waals surface area contributed by atoms with Crippen LogP contribution in [0.25, 0.3) is 22.5 Å². The van der Waals surface area contributed by atoms with Crippen LogP contribution in [0.5, 0.6) is 0 Å². The topological polar surface area (TPSA) is 98.7 Å². The molecule has 1 heterocycles. The first-order chi connectivity index (χ1) is 17.3. The number of carbonyl (C=O) groups excluding carboxylic acids is 3. The van der Waals surface area contributed by atoms with Crippen molar-refractivity contribution >= 4 is 39.8 Å². The maximum Gasteiger partial charge on any atom is 0.427 e. The first-order valence-electron chi connectivity index (χ1n) is 11.8. The molecule has 0 saturated heterocycles. The summed E-state index contributed by atoms with van der Waals surface area (Å²) >= 11 is 3.46. The summed E-state index contributed by atoms with van der Waals surface area (Å²) in [7, 11) is 0. The summed E-state index contributed by atoms with van der Waals surface area (Å²) in [6, 6.07) is 14.6. The van der Waals surface area contributed by atoms with E-state index in [4.69, 9.17) is 9.47 Å². The molecule has 0 unspecified atom stereocenters. The number of fused-ring (bicyclic) bond motifs is 3.